The molecule has 0 unspecified atom stereocenters. The van der Waals surface area contributed by atoms with E-state index in [1.54, 1.807) is 39.2 Å². The molecular formula is C34H41N2O6P. The summed E-state index contributed by atoms with van der Waals surface area (Å²) < 4.78 is 35.8. The van der Waals surface area contributed by atoms with Crippen LogP contribution >= 0.6 is 7.60 Å². The molecule has 43 heavy (non-hydrogen) atoms. The zero-order valence-electron chi connectivity index (χ0n) is 26.1. The number of carbonyl (C=O) groups is 1. The number of benzene rings is 3. The fourth-order valence-electron chi connectivity index (χ4n) is 5.88. The van der Waals surface area contributed by atoms with Crippen molar-refractivity contribution in [1.29, 1.82) is 0 Å². The van der Waals surface area contributed by atoms with Gasteiger partial charge < -0.3 is 23.8 Å². The number of ether oxygens (including phenoxy) is 2. The Hall–Kier alpha value is -3.45. The Bertz CT molecular complexity index is 1600. The lowest BCUT2D eigenvalue weighted by Gasteiger charge is -2.31. The summed E-state index contributed by atoms with van der Waals surface area (Å²) in [6.45, 7) is 12.6. The van der Waals surface area contributed by atoms with Crippen LogP contribution in [-0.4, -0.2) is 43.1 Å². The van der Waals surface area contributed by atoms with Crippen LogP contribution in [0.15, 0.2) is 59.6 Å². The van der Waals surface area contributed by atoms with Crippen molar-refractivity contribution in [2.45, 2.75) is 71.7 Å². The van der Waals surface area contributed by atoms with E-state index in [1.807, 2.05) is 30.3 Å². The summed E-state index contributed by atoms with van der Waals surface area (Å²) in [6.07, 6.45) is 1.68. The van der Waals surface area contributed by atoms with Gasteiger partial charge in [-0.25, -0.2) is 0 Å². The molecule has 0 bridgehead atoms. The molecule has 0 radical (unpaired) electrons. The average Bonchev–Trinajstić information content (AvgIpc) is 3.27. The van der Waals surface area contributed by atoms with Gasteiger partial charge in [-0.15, -0.1) is 0 Å². The lowest BCUT2D eigenvalue weighted by atomic mass is 9.80. The topological polar surface area (TPSA) is 95.5 Å². The molecule has 5 rings (SSSR count). The van der Waals surface area contributed by atoms with Crippen LogP contribution < -0.4 is 14.8 Å². The first kappa shape index (κ1) is 31.0. The Morgan fingerprint density at radius 3 is 2.35 bits per heavy atom. The maximum atomic E-state index is 13.4. The van der Waals surface area contributed by atoms with Crippen molar-refractivity contribution < 1.29 is 27.9 Å². The second-order valence-corrected chi connectivity index (χ2v) is 14.3. The Kier molecular flexibility index (Phi) is 8.59. The first-order valence-corrected chi connectivity index (χ1v) is 16.5. The standard InChI is InChI=1S/C34H41N2O6P/c1-8-40-43(38,41-9-2)21-22-13-15-26(16-14-22)35-32(37)24-12-10-11-23(17-24)30-29-25(19-33(3,4)36-30)18-28(39-7)31-27(29)20-34(5,6)42-31/h10-18H,8-9,19-21H2,1-7H3,(H,35,37). The third-order valence-corrected chi connectivity index (χ3v) is 9.59. The van der Waals surface area contributed by atoms with Gasteiger partial charge in [0.15, 0.2) is 11.5 Å². The van der Waals surface area contributed by atoms with E-state index in [4.69, 9.17) is 23.5 Å². The van der Waals surface area contributed by atoms with Gasteiger partial charge in [-0.2, -0.15) is 0 Å². The monoisotopic (exact) mass is 604 g/mol. The number of amides is 1. The van der Waals surface area contributed by atoms with E-state index in [0.29, 0.717) is 24.5 Å². The van der Waals surface area contributed by atoms with Gasteiger partial charge in [0.25, 0.3) is 5.91 Å². The molecule has 8 nitrogen and oxygen atoms in total. The van der Waals surface area contributed by atoms with Crippen LogP contribution in [0.3, 0.4) is 0 Å². The SMILES string of the molecule is CCOP(=O)(Cc1ccc(NC(=O)c2cccc(C3=NC(C)(C)Cc4cc(OC)c5c(c43)CC(C)(C)O5)c2)cc1)OCC. The van der Waals surface area contributed by atoms with E-state index in [0.717, 1.165) is 52.3 Å². The summed E-state index contributed by atoms with van der Waals surface area (Å²) >= 11 is 0. The number of methoxy groups -OCH3 is 1. The molecule has 0 saturated carbocycles. The summed E-state index contributed by atoms with van der Waals surface area (Å²) in [6, 6.07) is 16.9. The molecule has 3 aromatic carbocycles. The molecule has 0 saturated heterocycles. The van der Waals surface area contributed by atoms with Gasteiger partial charge in [-0.3, -0.25) is 14.4 Å². The third kappa shape index (κ3) is 6.72. The quantitative estimate of drug-likeness (QED) is 0.240. The Labute approximate surface area is 254 Å². The fraction of sp³-hybridized carbons (Fsp3) is 0.412. The highest BCUT2D eigenvalue weighted by Gasteiger charge is 2.39. The molecule has 0 fully saturated rings. The maximum Gasteiger partial charge on any atom is 0.335 e. The number of hydrogen-bond acceptors (Lipinski definition) is 7. The molecular weight excluding hydrogens is 563 g/mol. The van der Waals surface area contributed by atoms with Crippen molar-refractivity contribution in [2.24, 2.45) is 4.99 Å². The lowest BCUT2D eigenvalue weighted by Crippen LogP contribution is -2.30. The van der Waals surface area contributed by atoms with Gasteiger partial charge in [0, 0.05) is 34.4 Å². The second-order valence-electron chi connectivity index (χ2n) is 12.2. The zero-order chi connectivity index (χ0) is 31.0. The Morgan fingerprint density at radius 1 is 1.00 bits per heavy atom. The molecule has 228 valence electrons. The fourth-order valence-corrected chi connectivity index (χ4v) is 7.58. The summed E-state index contributed by atoms with van der Waals surface area (Å²) in [5.41, 5.74) is 6.34. The van der Waals surface area contributed by atoms with Crippen LogP contribution in [-0.2, 0) is 32.6 Å². The Balaban J connectivity index is 1.42. The van der Waals surface area contributed by atoms with E-state index >= 15 is 0 Å². The van der Waals surface area contributed by atoms with E-state index < -0.39 is 7.60 Å². The normalized spacial score (nSPS) is 16.5. The van der Waals surface area contributed by atoms with E-state index in [9.17, 15) is 9.36 Å². The number of anilines is 1. The molecule has 0 spiro atoms. The van der Waals surface area contributed by atoms with Crippen molar-refractivity contribution in [3.8, 4) is 11.5 Å². The highest BCUT2D eigenvalue weighted by atomic mass is 31.2. The van der Waals surface area contributed by atoms with E-state index in [1.165, 1.54) is 5.56 Å². The number of hydrogen-bond donors (Lipinski definition) is 1. The van der Waals surface area contributed by atoms with Gasteiger partial charge in [0.1, 0.15) is 5.60 Å². The van der Waals surface area contributed by atoms with Crippen LogP contribution in [0.5, 0.6) is 11.5 Å². The molecule has 2 heterocycles. The molecule has 3 aromatic rings. The predicted octanol–water partition coefficient (Wildman–Crippen LogP) is 7.60. The first-order chi connectivity index (χ1) is 20.4. The van der Waals surface area contributed by atoms with Crippen LogP contribution in [0, 0.1) is 0 Å². The smallest absolute Gasteiger partial charge is 0.335 e. The summed E-state index contributed by atoms with van der Waals surface area (Å²) in [5.74, 6) is 1.29. The molecule has 9 heteroatoms. The van der Waals surface area contributed by atoms with Crippen LogP contribution in [0.4, 0.5) is 5.69 Å². The summed E-state index contributed by atoms with van der Waals surface area (Å²) in [4.78, 5) is 18.6. The molecule has 1 amide bonds. The molecule has 2 aliphatic rings. The van der Waals surface area contributed by atoms with Crippen molar-refractivity contribution in [3.05, 3.63) is 88.0 Å². The largest absolute Gasteiger partial charge is 0.493 e. The van der Waals surface area contributed by atoms with Crippen molar-refractivity contribution in [3.63, 3.8) is 0 Å². The number of rotatable bonds is 10. The Morgan fingerprint density at radius 2 is 1.70 bits per heavy atom. The third-order valence-electron chi connectivity index (χ3n) is 7.54. The number of nitrogens with one attached hydrogen (secondary N) is 1. The minimum atomic E-state index is -3.21. The van der Waals surface area contributed by atoms with Gasteiger partial charge in [-0.1, -0.05) is 24.3 Å². The predicted molar refractivity (Wildman–Crippen MR) is 170 cm³/mol. The minimum Gasteiger partial charge on any atom is -0.493 e. The minimum absolute atomic E-state index is 0.169. The van der Waals surface area contributed by atoms with Crippen molar-refractivity contribution in [2.75, 3.05) is 25.6 Å². The van der Waals surface area contributed by atoms with Crippen molar-refractivity contribution in [1.82, 2.24) is 0 Å². The highest BCUT2D eigenvalue weighted by molar-refractivity contribution is 7.53. The number of aliphatic imine (C=N–C) groups is 1. The summed E-state index contributed by atoms with van der Waals surface area (Å²) in [7, 11) is -1.54. The van der Waals surface area contributed by atoms with Crippen molar-refractivity contribution >= 4 is 24.9 Å². The molecule has 0 atom stereocenters. The first-order valence-electron chi connectivity index (χ1n) is 14.8. The molecule has 1 N–H and O–H groups in total. The van der Waals surface area contributed by atoms with Gasteiger partial charge in [0.05, 0.1) is 37.7 Å². The molecule has 0 aliphatic carbocycles. The number of nitrogens with zero attached hydrogens (tertiary/aromatic N) is 1. The molecule has 0 aromatic heterocycles. The number of carbonyl (C=O) groups excluding carboxylic acids is 1. The summed E-state index contributed by atoms with van der Waals surface area (Å²) in [5, 5.41) is 2.98. The zero-order valence-corrected chi connectivity index (χ0v) is 27.0. The second kappa shape index (κ2) is 11.9. The van der Waals surface area contributed by atoms with Crippen LogP contribution in [0.1, 0.15) is 79.7 Å². The highest BCUT2D eigenvalue weighted by Crippen LogP contribution is 2.51. The van der Waals surface area contributed by atoms with Gasteiger partial charge in [-0.05, 0) is 89.4 Å². The number of fused-ring (bicyclic) bond motifs is 3. The van der Waals surface area contributed by atoms with Crippen LogP contribution in [0.2, 0.25) is 0 Å². The average molecular weight is 605 g/mol. The maximum absolute atomic E-state index is 13.4. The van der Waals surface area contributed by atoms with E-state index in [2.05, 4.69) is 39.1 Å². The molecule has 2 aliphatic heterocycles. The van der Waals surface area contributed by atoms with E-state index in [-0.39, 0.29) is 23.2 Å². The van der Waals surface area contributed by atoms with Gasteiger partial charge >= 0.3 is 7.60 Å². The lowest BCUT2D eigenvalue weighted by molar-refractivity contribution is 0.102. The van der Waals surface area contributed by atoms with Crippen LogP contribution in [0.25, 0.3) is 0 Å². The van der Waals surface area contributed by atoms with Gasteiger partial charge in [0.2, 0.25) is 0 Å².